The highest BCUT2D eigenvalue weighted by Gasteiger charge is 2.26. The SMILES string of the molecule is CCOc1ccc(-n2c(C)nnc2S[C@H](C[N+](=O)[O-])c2cc(Cl)c(OCc3ccccc3C#N)c(Cl)c2)cc1. The quantitative estimate of drug-likeness (QED) is 0.107. The van der Waals surface area contributed by atoms with Gasteiger partial charge in [-0.25, -0.2) is 0 Å². The molecule has 1 heterocycles. The summed E-state index contributed by atoms with van der Waals surface area (Å²) in [6.45, 7) is 3.95. The molecule has 0 N–H and O–H groups in total. The Bertz CT molecular complexity index is 1500. The topological polar surface area (TPSA) is 116 Å². The molecule has 3 aromatic carbocycles. The Morgan fingerprint density at radius 3 is 2.44 bits per heavy atom. The molecule has 4 rings (SSSR count). The summed E-state index contributed by atoms with van der Waals surface area (Å²) in [5, 5.41) is 29.6. The van der Waals surface area contributed by atoms with Crippen molar-refractivity contribution < 1.29 is 14.4 Å². The van der Waals surface area contributed by atoms with Crippen molar-refractivity contribution in [3.8, 4) is 23.3 Å². The third kappa shape index (κ3) is 6.81. The average Bonchev–Trinajstić information content (AvgIpc) is 3.28. The van der Waals surface area contributed by atoms with E-state index >= 15 is 0 Å². The number of hydrogen-bond acceptors (Lipinski definition) is 8. The Morgan fingerprint density at radius 2 is 1.79 bits per heavy atom. The summed E-state index contributed by atoms with van der Waals surface area (Å²) in [7, 11) is 0. The molecule has 0 aliphatic rings. The van der Waals surface area contributed by atoms with Gasteiger partial charge in [0, 0.05) is 16.2 Å². The van der Waals surface area contributed by atoms with Crippen molar-refractivity contribution in [1.29, 1.82) is 5.26 Å². The minimum absolute atomic E-state index is 0.0834. The van der Waals surface area contributed by atoms with E-state index in [9.17, 15) is 15.4 Å². The zero-order valence-electron chi connectivity index (χ0n) is 21.0. The zero-order valence-corrected chi connectivity index (χ0v) is 23.3. The smallest absolute Gasteiger partial charge is 0.220 e. The summed E-state index contributed by atoms with van der Waals surface area (Å²) in [4.78, 5) is 11.2. The lowest BCUT2D eigenvalue weighted by Crippen LogP contribution is -2.11. The number of ether oxygens (including phenoxy) is 2. The largest absolute Gasteiger partial charge is 0.494 e. The third-order valence-corrected chi connectivity index (χ3v) is 7.41. The molecule has 0 amide bonds. The summed E-state index contributed by atoms with van der Waals surface area (Å²) in [5.41, 5.74) is 2.49. The van der Waals surface area contributed by atoms with Gasteiger partial charge in [-0.15, -0.1) is 10.2 Å². The van der Waals surface area contributed by atoms with Crippen LogP contribution in [0.1, 0.15) is 34.7 Å². The summed E-state index contributed by atoms with van der Waals surface area (Å²) < 4.78 is 13.2. The lowest BCUT2D eigenvalue weighted by Gasteiger charge is -2.17. The molecule has 0 aliphatic carbocycles. The van der Waals surface area contributed by atoms with E-state index in [2.05, 4.69) is 16.3 Å². The van der Waals surface area contributed by atoms with Crippen LogP contribution in [0.2, 0.25) is 10.0 Å². The van der Waals surface area contributed by atoms with Gasteiger partial charge in [-0.05, 0) is 61.9 Å². The van der Waals surface area contributed by atoms with Crippen molar-refractivity contribution in [3.63, 3.8) is 0 Å². The highest BCUT2D eigenvalue weighted by atomic mass is 35.5. The van der Waals surface area contributed by atoms with E-state index in [1.807, 2.05) is 35.8 Å². The molecule has 1 atom stereocenters. The Labute approximate surface area is 239 Å². The van der Waals surface area contributed by atoms with Gasteiger partial charge in [0.2, 0.25) is 6.54 Å². The maximum absolute atomic E-state index is 11.6. The standard InChI is InChI=1S/C27H23Cl2N5O4S/c1-3-37-22-10-8-21(9-11-22)34-17(2)31-32-27(34)39-25(15-33(35)36)20-12-23(28)26(24(29)13-20)38-16-19-7-5-4-6-18(19)14-30/h4-13,25H,3,15-16H2,1-2H3/t25-/m1/s1. The number of nitro groups is 1. The van der Waals surface area contributed by atoms with Gasteiger partial charge in [-0.3, -0.25) is 14.7 Å². The van der Waals surface area contributed by atoms with Crippen LogP contribution in [0, 0.1) is 28.4 Å². The molecule has 9 nitrogen and oxygen atoms in total. The number of halogens is 2. The second kappa shape index (κ2) is 12.8. The fourth-order valence-electron chi connectivity index (χ4n) is 3.86. The highest BCUT2D eigenvalue weighted by Crippen LogP contribution is 2.42. The molecule has 200 valence electrons. The van der Waals surface area contributed by atoms with E-state index in [-0.39, 0.29) is 22.4 Å². The number of nitriles is 1. The van der Waals surface area contributed by atoms with Crippen LogP contribution in [0.5, 0.6) is 11.5 Å². The zero-order chi connectivity index (χ0) is 27.9. The van der Waals surface area contributed by atoms with Gasteiger partial charge in [0.05, 0.1) is 28.3 Å². The molecule has 4 aromatic rings. The number of nitrogens with zero attached hydrogens (tertiary/aromatic N) is 5. The highest BCUT2D eigenvalue weighted by molar-refractivity contribution is 7.99. The summed E-state index contributed by atoms with van der Waals surface area (Å²) in [6.07, 6.45) is 0. The van der Waals surface area contributed by atoms with Crippen molar-refractivity contribution >= 4 is 35.0 Å². The summed E-state index contributed by atoms with van der Waals surface area (Å²) in [5.74, 6) is 1.59. The van der Waals surface area contributed by atoms with Gasteiger partial charge in [-0.2, -0.15) is 5.26 Å². The van der Waals surface area contributed by atoms with Crippen LogP contribution in [0.3, 0.4) is 0 Å². The van der Waals surface area contributed by atoms with Crippen LogP contribution in [0.4, 0.5) is 0 Å². The Hall–Kier alpha value is -3.78. The lowest BCUT2D eigenvalue weighted by atomic mass is 10.1. The van der Waals surface area contributed by atoms with Gasteiger partial charge in [-0.1, -0.05) is 53.2 Å². The normalized spacial score (nSPS) is 11.6. The number of thioether (sulfide) groups is 1. The first-order chi connectivity index (χ1) is 18.8. The number of benzene rings is 3. The maximum atomic E-state index is 11.6. The van der Waals surface area contributed by atoms with E-state index in [1.54, 1.807) is 43.3 Å². The molecule has 0 spiro atoms. The van der Waals surface area contributed by atoms with Crippen molar-refractivity contribution in [2.45, 2.75) is 30.9 Å². The number of hydrogen-bond donors (Lipinski definition) is 0. The van der Waals surface area contributed by atoms with Crippen molar-refractivity contribution in [2.24, 2.45) is 0 Å². The molecule has 0 saturated heterocycles. The van der Waals surface area contributed by atoms with Crippen molar-refractivity contribution in [3.05, 3.63) is 103 Å². The second-order valence-corrected chi connectivity index (χ2v) is 10.3. The maximum Gasteiger partial charge on any atom is 0.220 e. The van der Waals surface area contributed by atoms with Crippen LogP contribution < -0.4 is 9.47 Å². The van der Waals surface area contributed by atoms with Crippen LogP contribution in [0.25, 0.3) is 5.69 Å². The lowest BCUT2D eigenvalue weighted by molar-refractivity contribution is -0.479. The number of aromatic nitrogens is 3. The number of aryl methyl sites for hydroxylation is 1. The molecule has 0 aliphatic heterocycles. The summed E-state index contributed by atoms with van der Waals surface area (Å²) in [6, 6.07) is 19.8. The molecule has 0 radical (unpaired) electrons. The van der Waals surface area contributed by atoms with E-state index in [1.165, 1.54) is 11.8 Å². The predicted molar refractivity (Wildman–Crippen MR) is 150 cm³/mol. The molecule has 0 fully saturated rings. The van der Waals surface area contributed by atoms with Crippen LogP contribution in [0.15, 0.2) is 65.8 Å². The molecule has 0 saturated carbocycles. The van der Waals surface area contributed by atoms with Crippen molar-refractivity contribution in [1.82, 2.24) is 14.8 Å². The molecule has 39 heavy (non-hydrogen) atoms. The Kier molecular flexibility index (Phi) is 9.30. The molecular formula is C27H23Cl2N5O4S. The van der Waals surface area contributed by atoms with E-state index in [4.69, 9.17) is 32.7 Å². The van der Waals surface area contributed by atoms with Gasteiger partial charge in [0.15, 0.2) is 10.9 Å². The monoisotopic (exact) mass is 583 g/mol. The first-order valence-electron chi connectivity index (χ1n) is 11.8. The average molecular weight is 584 g/mol. The summed E-state index contributed by atoms with van der Waals surface area (Å²) >= 11 is 14.3. The number of rotatable bonds is 11. The molecule has 1 aromatic heterocycles. The molecule has 0 unspecified atom stereocenters. The minimum Gasteiger partial charge on any atom is -0.494 e. The first-order valence-corrected chi connectivity index (χ1v) is 13.5. The fourth-order valence-corrected chi connectivity index (χ4v) is 5.62. The van der Waals surface area contributed by atoms with Gasteiger partial charge < -0.3 is 9.47 Å². The van der Waals surface area contributed by atoms with Crippen LogP contribution >= 0.6 is 35.0 Å². The van der Waals surface area contributed by atoms with E-state index < -0.39 is 16.7 Å². The Morgan fingerprint density at radius 1 is 1.10 bits per heavy atom. The Balaban J connectivity index is 1.61. The third-order valence-electron chi connectivity index (χ3n) is 5.67. The van der Waals surface area contributed by atoms with Crippen LogP contribution in [-0.2, 0) is 6.61 Å². The van der Waals surface area contributed by atoms with Gasteiger partial charge >= 0.3 is 0 Å². The van der Waals surface area contributed by atoms with E-state index in [0.717, 1.165) is 11.4 Å². The van der Waals surface area contributed by atoms with E-state index in [0.29, 0.717) is 34.3 Å². The molecule has 0 bridgehead atoms. The molecule has 12 heteroatoms. The molecular weight excluding hydrogens is 561 g/mol. The second-order valence-electron chi connectivity index (χ2n) is 8.29. The van der Waals surface area contributed by atoms with Crippen molar-refractivity contribution in [2.75, 3.05) is 13.2 Å². The van der Waals surface area contributed by atoms with Gasteiger partial charge in [0.1, 0.15) is 23.4 Å². The first kappa shape index (κ1) is 28.2. The minimum atomic E-state index is -0.673. The predicted octanol–water partition coefficient (Wildman–Crippen LogP) is 6.84. The van der Waals surface area contributed by atoms with Crippen LogP contribution in [-0.4, -0.2) is 32.8 Å². The fraction of sp³-hybridized carbons (Fsp3) is 0.222. The van der Waals surface area contributed by atoms with Gasteiger partial charge in [0.25, 0.3) is 0 Å².